The maximum Gasteiger partial charge on any atom is 0.422 e. The first-order valence-corrected chi connectivity index (χ1v) is 6.72. The molecule has 0 radical (unpaired) electrons. The van der Waals surface area contributed by atoms with E-state index in [9.17, 15) is 13.2 Å². The van der Waals surface area contributed by atoms with Gasteiger partial charge in [0, 0.05) is 18.8 Å². The lowest BCUT2D eigenvalue weighted by Gasteiger charge is -2.27. The number of rotatable bonds is 7. The lowest BCUT2D eigenvalue weighted by Crippen LogP contribution is -2.31. The van der Waals surface area contributed by atoms with E-state index < -0.39 is 12.8 Å². The summed E-state index contributed by atoms with van der Waals surface area (Å²) >= 11 is 0. The monoisotopic (exact) mass is 305 g/mol. The van der Waals surface area contributed by atoms with E-state index in [0.29, 0.717) is 0 Å². The molecule has 0 amide bonds. The highest BCUT2D eigenvalue weighted by atomic mass is 19.4. The third-order valence-electron chi connectivity index (χ3n) is 3.02. The molecule has 0 heterocycles. The number of nitrogens with one attached hydrogen (secondary N) is 1. The average Bonchev–Trinajstić information content (AvgIpc) is 2.36. The van der Waals surface area contributed by atoms with Gasteiger partial charge in [-0.25, -0.2) is 0 Å². The Bertz CT molecular complexity index is 430. The van der Waals surface area contributed by atoms with Crippen LogP contribution in [0.1, 0.15) is 27.2 Å². The molecule has 3 nitrogen and oxygen atoms in total. The van der Waals surface area contributed by atoms with Gasteiger partial charge in [-0.05, 0) is 51.5 Å². The second-order valence-corrected chi connectivity index (χ2v) is 5.64. The number of anilines is 1. The van der Waals surface area contributed by atoms with Crippen molar-refractivity contribution in [3.05, 3.63) is 24.3 Å². The highest BCUT2D eigenvalue weighted by Gasteiger charge is 2.28. The van der Waals surface area contributed by atoms with Crippen molar-refractivity contribution < 1.29 is 22.6 Å². The molecule has 0 aliphatic carbocycles. The van der Waals surface area contributed by atoms with Crippen molar-refractivity contribution in [1.82, 2.24) is 0 Å². The quantitative estimate of drug-likeness (QED) is 0.817. The van der Waals surface area contributed by atoms with Crippen LogP contribution < -0.4 is 10.1 Å². The van der Waals surface area contributed by atoms with E-state index in [1.54, 1.807) is 19.2 Å². The Balaban J connectivity index is 2.51. The van der Waals surface area contributed by atoms with Crippen molar-refractivity contribution in [2.24, 2.45) is 0 Å². The summed E-state index contributed by atoms with van der Waals surface area (Å²) in [5.41, 5.74) is 0.594. The topological polar surface area (TPSA) is 30.5 Å². The van der Waals surface area contributed by atoms with E-state index in [2.05, 4.69) is 10.1 Å². The van der Waals surface area contributed by atoms with Crippen molar-refractivity contribution in [3.63, 3.8) is 0 Å². The molecule has 0 saturated carbocycles. The molecular formula is C15H22F3NO2. The Morgan fingerprint density at radius 3 is 2.19 bits per heavy atom. The predicted molar refractivity (Wildman–Crippen MR) is 76.8 cm³/mol. The van der Waals surface area contributed by atoms with Crippen LogP contribution in [0, 0.1) is 0 Å². The Labute approximate surface area is 123 Å². The molecule has 21 heavy (non-hydrogen) atoms. The van der Waals surface area contributed by atoms with Crippen LogP contribution in [0.4, 0.5) is 18.9 Å². The molecule has 0 aliphatic heterocycles. The van der Waals surface area contributed by atoms with Crippen molar-refractivity contribution in [2.75, 3.05) is 19.0 Å². The van der Waals surface area contributed by atoms with Crippen LogP contribution >= 0.6 is 0 Å². The zero-order valence-corrected chi connectivity index (χ0v) is 12.8. The average molecular weight is 305 g/mol. The molecular weight excluding hydrogens is 283 g/mol. The Morgan fingerprint density at radius 1 is 1.14 bits per heavy atom. The molecule has 0 bridgehead atoms. The number of ether oxygens (including phenoxy) is 2. The summed E-state index contributed by atoms with van der Waals surface area (Å²) < 4.78 is 46.1. The molecule has 1 atom stereocenters. The Kier molecular flexibility index (Phi) is 5.89. The van der Waals surface area contributed by atoms with Crippen LogP contribution in [0.5, 0.6) is 5.75 Å². The summed E-state index contributed by atoms with van der Waals surface area (Å²) in [5.74, 6) is 0.197. The summed E-state index contributed by atoms with van der Waals surface area (Å²) in [7, 11) is 1.67. The minimum atomic E-state index is -4.32. The maximum absolute atomic E-state index is 12.0. The molecule has 0 spiro atoms. The standard InChI is InChI=1S/C15H22F3NO2/c1-11(9-14(2,3)20-4)19-12-5-7-13(8-6-12)21-10-15(16,17)18/h5-8,11,19H,9-10H2,1-4H3. The number of halogens is 3. The molecule has 0 aromatic heterocycles. The van der Waals surface area contributed by atoms with Gasteiger partial charge in [-0.3, -0.25) is 0 Å². The van der Waals surface area contributed by atoms with Gasteiger partial charge in [-0.2, -0.15) is 13.2 Å². The molecule has 1 unspecified atom stereocenters. The van der Waals surface area contributed by atoms with Crippen LogP contribution in [-0.4, -0.2) is 31.5 Å². The van der Waals surface area contributed by atoms with Crippen LogP contribution in [0.2, 0.25) is 0 Å². The second kappa shape index (κ2) is 7.02. The third-order valence-corrected chi connectivity index (χ3v) is 3.02. The molecule has 1 aromatic carbocycles. The summed E-state index contributed by atoms with van der Waals surface area (Å²) in [4.78, 5) is 0. The van der Waals surface area contributed by atoms with Crippen molar-refractivity contribution in [2.45, 2.75) is 45.0 Å². The van der Waals surface area contributed by atoms with Gasteiger partial charge in [-0.1, -0.05) is 0 Å². The minimum absolute atomic E-state index is 0.168. The number of hydrogen-bond donors (Lipinski definition) is 1. The van der Waals surface area contributed by atoms with Gasteiger partial charge in [-0.15, -0.1) is 0 Å². The van der Waals surface area contributed by atoms with Gasteiger partial charge in [0.25, 0.3) is 0 Å². The summed E-state index contributed by atoms with van der Waals surface area (Å²) in [6.07, 6.45) is -3.52. The van der Waals surface area contributed by atoms with Crippen molar-refractivity contribution in [3.8, 4) is 5.75 Å². The first-order valence-electron chi connectivity index (χ1n) is 6.72. The fourth-order valence-electron chi connectivity index (χ4n) is 1.97. The van der Waals surface area contributed by atoms with Gasteiger partial charge in [0.2, 0.25) is 0 Å². The highest BCUT2D eigenvalue weighted by molar-refractivity contribution is 5.47. The summed E-state index contributed by atoms with van der Waals surface area (Å²) in [6, 6.07) is 6.59. The largest absolute Gasteiger partial charge is 0.484 e. The lowest BCUT2D eigenvalue weighted by molar-refractivity contribution is -0.153. The van der Waals surface area contributed by atoms with Gasteiger partial charge in [0.05, 0.1) is 5.60 Å². The van der Waals surface area contributed by atoms with Gasteiger partial charge < -0.3 is 14.8 Å². The molecule has 0 aliphatic rings. The van der Waals surface area contributed by atoms with E-state index in [1.165, 1.54) is 12.1 Å². The number of benzene rings is 1. The van der Waals surface area contributed by atoms with E-state index in [4.69, 9.17) is 4.74 Å². The highest BCUT2D eigenvalue weighted by Crippen LogP contribution is 2.22. The molecule has 1 N–H and O–H groups in total. The van der Waals surface area contributed by atoms with Crippen LogP contribution in [0.15, 0.2) is 24.3 Å². The molecule has 1 aromatic rings. The van der Waals surface area contributed by atoms with E-state index >= 15 is 0 Å². The normalized spacial score (nSPS) is 13.9. The zero-order chi connectivity index (χ0) is 16.1. The second-order valence-electron chi connectivity index (χ2n) is 5.64. The first-order chi connectivity index (χ1) is 9.61. The van der Waals surface area contributed by atoms with Crippen molar-refractivity contribution in [1.29, 1.82) is 0 Å². The first kappa shape index (κ1) is 17.6. The fourth-order valence-corrected chi connectivity index (χ4v) is 1.97. The van der Waals surface area contributed by atoms with Gasteiger partial charge >= 0.3 is 6.18 Å². The van der Waals surface area contributed by atoms with E-state index in [-0.39, 0.29) is 17.4 Å². The van der Waals surface area contributed by atoms with Crippen LogP contribution in [-0.2, 0) is 4.74 Å². The molecule has 1 rings (SSSR count). The third kappa shape index (κ3) is 7.22. The van der Waals surface area contributed by atoms with Crippen LogP contribution in [0.25, 0.3) is 0 Å². The number of methoxy groups -OCH3 is 1. The summed E-state index contributed by atoms with van der Waals surface area (Å²) in [5, 5.41) is 3.27. The van der Waals surface area contributed by atoms with E-state index in [1.807, 2.05) is 20.8 Å². The lowest BCUT2D eigenvalue weighted by atomic mass is 10.00. The van der Waals surface area contributed by atoms with Crippen molar-refractivity contribution >= 4 is 5.69 Å². The zero-order valence-electron chi connectivity index (χ0n) is 12.8. The predicted octanol–water partition coefficient (Wildman–Crippen LogP) is 4.24. The smallest absolute Gasteiger partial charge is 0.422 e. The summed E-state index contributed by atoms with van der Waals surface area (Å²) in [6.45, 7) is 4.74. The Morgan fingerprint density at radius 2 is 1.71 bits per heavy atom. The maximum atomic E-state index is 12.0. The molecule has 0 saturated heterocycles. The molecule has 6 heteroatoms. The minimum Gasteiger partial charge on any atom is -0.484 e. The van der Waals surface area contributed by atoms with Crippen LogP contribution in [0.3, 0.4) is 0 Å². The fraction of sp³-hybridized carbons (Fsp3) is 0.600. The SMILES string of the molecule is COC(C)(C)CC(C)Nc1ccc(OCC(F)(F)F)cc1. The number of hydrogen-bond acceptors (Lipinski definition) is 3. The van der Waals surface area contributed by atoms with Gasteiger partial charge in [0.15, 0.2) is 6.61 Å². The Hall–Kier alpha value is -1.43. The molecule has 120 valence electrons. The van der Waals surface area contributed by atoms with Gasteiger partial charge in [0.1, 0.15) is 5.75 Å². The molecule has 0 fully saturated rings. The number of alkyl halides is 3. The van der Waals surface area contributed by atoms with E-state index in [0.717, 1.165) is 12.1 Å².